The van der Waals surface area contributed by atoms with Gasteiger partial charge in [0.25, 0.3) is 11.8 Å². The van der Waals surface area contributed by atoms with Gasteiger partial charge in [-0.2, -0.15) is 4.98 Å². The number of carbonyl (C=O) groups excluding carboxylic acids is 1. The van der Waals surface area contributed by atoms with Crippen molar-refractivity contribution < 1.29 is 9.32 Å². The predicted molar refractivity (Wildman–Crippen MR) is 95.7 cm³/mol. The maximum Gasteiger partial charge on any atom is 0.257 e. The van der Waals surface area contributed by atoms with Crippen molar-refractivity contribution in [2.75, 3.05) is 5.32 Å². The first-order valence-corrected chi connectivity index (χ1v) is 8.97. The topological polar surface area (TPSA) is 93.8 Å². The van der Waals surface area contributed by atoms with Crippen LogP contribution >= 0.6 is 11.3 Å². The van der Waals surface area contributed by atoms with Gasteiger partial charge in [0.2, 0.25) is 5.13 Å². The van der Waals surface area contributed by atoms with E-state index in [4.69, 9.17) is 4.52 Å². The van der Waals surface area contributed by atoms with Gasteiger partial charge in [0.15, 0.2) is 5.82 Å². The number of amides is 1. The zero-order chi connectivity index (χ0) is 17.8. The average Bonchev–Trinajstić information content (AvgIpc) is 3.26. The molecule has 0 spiro atoms. The van der Waals surface area contributed by atoms with Gasteiger partial charge in [0, 0.05) is 17.0 Å². The summed E-state index contributed by atoms with van der Waals surface area (Å²) in [7, 11) is 0. The van der Waals surface area contributed by atoms with Crippen LogP contribution in [0.15, 0.2) is 28.8 Å². The highest BCUT2D eigenvalue weighted by Crippen LogP contribution is 2.28. The molecule has 0 radical (unpaired) electrons. The van der Waals surface area contributed by atoms with Crippen molar-refractivity contribution in [1.82, 2.24) is 20.3 Å². The lowest BCUT2D eigenvalue weighted by molar-refractivity contribution is 0.102. The molecule has 7 nitrogen and oxygen atoms in total. The molecule has 8 heteroatoms. The zero-order valence-electron chi connectivity index (χ0n) is 14.3. The van der Waals surface area contributed by atoms with Crippen LogP contribution in [0, 0.1) is 6.92 Å². The summed E-state index contributed by atoms with van der Waals surface area (Å²) >= 11 is 1.43. The Labute approximate surface area is 149 Å². The number of aromatic nitrogens is 4. The van der Waals surface area contributed by atoms with Crippen LogP contribution in [0.25, 0.3) is 11.5 Å². The third-order valence-electron chi connectivity index (χ3n) is 3.92. The second kappa shape index (κ2) is 7.52. The van der Waals surface area contributed by atoms with Crippen LogP contribution < -0.4 is 5.32 Å². The molecule has 130 valence electrons. The van der Waals surface area contributed by atoms with Gasteiger partial charge in [0.1, 0.15) is 5.01 Å². The minimum absolute atomic E-state index is 0.222. The Morgan fingerprint density at radius 1 is 1.20 bits per heavy atom. The Morgan fingerprint density at radius 3 is 2.52 bits per heavy atom. The quantitative estimate of drug-likeness (QED) is 0.715. The molecule has 0 aliphatic rings. The van der Waals surface area contributed by atoms with Crippen molar-refractivity contribution in [2.24, 2.45) is 0 Å². The van der Waals surface area contributed by atoms with E-state index in [9.17, 15) is 4.79 Å². The lowest BCUT2D eigenvalue weighted by Crippen LogP contribution is -2.11. The van der Waals surface area contributed by atoms with Crippen molar-refractivity contribution in [2.45, 2.75) is 39.5 Å². The summed E-state index contributed by atoms with van der Waals surface area (Å²) in [6, 6.07) is 6.98. The second-order valence-corrected chi connectivity index (χ2v) is 6.65. The van der Waals surface area contributed by atoms with Crippen molar-refractivity contribution in [1.29, 1.82) is 0 Å². The largest absolute Gasteiger partial charge is 0.334 e. The lowest BCUT2D eigenvalue weighted by atomic mass is 10.1. The molecule has 1 N–H and O–H groups in total. The Morgan fingerprint density at radius 2 is 1.92 bits per heavy atom. The number of nitrogens with zero attached hydrogens (tertiary/aromatic N) is 4. The predicted octanol–water partition coefficient (Wildman–Crippen LogP) is 4.05. The van der Waals surface area contributed by atoms with E-state index in [1.807, 2.05) is 0 Å². The first-order valence-electron chi connectivity index (χ1n) is 8.16. The van der Waals surface area contributed by atoms with Gasteiger partial charge in [-0.1, -0.05) is 30.3 Å². The number of carbonyl (C=O) groups is 1. The van der Waals surface area contributed by atoms with E-state index in [1.54, 1.807) is 31.2 Å². The molecule has 3 rings (SSSR count). The number of rotatable bonds is 6. The minimum atomic E-state index is -0.222. The molecule has 0 bridgehead atoms. The summed E-state index contributed by atoms with van der Waals surface area (Å²) < 4.78 is 5.11. The third kappa shape index (κ3) is 3.90. The molecule has 0 saturated heterocycles. The van der Waals surface area contributed by atoms with Gasteiger partial charge in [0.05, 0.1) is 0 Å². The van der Waals surface area contributed by atoms with E-state index in [-0.39, 0.29) is 5.91 Å². The molecule has 0 atom stereocenters. The first-order chi connectivity index (χ1) is 12.1. The normalized spacial score (nSPS) is 11.0. The fraction of sp³-hybridized carbons (Fsp3) is 0.353. The highest BCUT2D eigenvalue weighted by Gasteiger charge is 2.15. The fourth-order valence-electron chi connectivity index (χ4n) is 2.44. The molecule has 25 heavy (non-hydrogen) atoms. The summed E-state index contributed by atoms with van der Waals surface area (Å²) in [6.07, 6.45) is 2.02. The summed E-state index contributed by atoms with van der Waals surface area (Å²) in [5.41, 5.74) is 1.29. The Balaban J connectivity index is 1.69. The molecule has 2 heterocycles. The first kappa shape index (κ1) is 17.2. The average molecular weight is 357 g/mol. The van der Waals surface area contributed by atoms with E-state index < -0.39 is 0 Å². The number of hydrogen-bond donors (Lipinski definition) is 1. The molecular weight excluding hydrogens is 338 g/mol. The van der Waals surface area contributed by atoms with Crippen LogP contribution in [0.2, 0.25) is 0 Å². The number of nitrogens with one attached hydrogen (secondary N) is 1. The van der Waals surface area contributed by atoms with Crippen molar-refractivity contribution in [3.8, 4) is 11.5 Å². The molecule has 2 aromatic heterocycles. The lowest BCUT2D eigenvalue weighted by Gasteiger charge is -2.05. The highest BCUT2D eigenvalue weighted by molar-refractivity contribution is 7.15. The molecule has 0 saturated carbocycles. The van der Waals surface area contributed by atoms with Crippen LogP contribution in [0.5, 0.6) is 0 Å². The van der Waals surface area contributed by atoms with E-state index >= 15 is 0 Å². The van der Waals surface area contributed by atoms with E-state index in [0.717, 1.165) is 23.4 Å². The van der Waals surface area contributed by atoms with Crippen LogP contribution in [0.1, 0.15) is 53.8 Å². The summed E-state index contributed by atoms with van der Waals surface area (Å²) in [4.78, 5) is 16.5. The third-order valence-corrected chi connectivity index (χ3v) is 4.92. The van der Waals surface area contributed by atoms with Crippen LogP contribution in [-0.4, -0.2) is 26.2 Å². The maximum atomic E-state index is 12.4. The molecule has 0 unspecified atom stereocenters. The van der Waals surface area contributed by atoms with Crippen molar-refractivity contribution in [3.63, 3.8) is 0 Å². The summed E-state index contributed by atoms with van der Waals surface area (Å²) in [6.45, 7) is 6.01. The number of aryl methyl sites for hydroxylation is 1. The monoisotopic (exact) mass is 357 g/mol. The van der Waals surface area contributed by atoms with Gasteiger partial charge < -0.3 is 4.52 Å². The Bertz CT molecular complexity index is 852. The molecule has 0 aliphatic carbocycles. The molecule has 1 aromatic carbocycles. The van der Waals surface area contributed by atoms with Gasteiger partial charge in [-0.3, -0.25) is 10.1 Å². The Kier molecular flexibility index (Phi) is 5.18. The number of benzene rings is 1. The zero-order valence-corrected chi connectivity index (χ0v) is 15.1. The summed E-state index contributed by atoms with van der Waals surface area (Å²) in [5, 5.41) is 16.3. The smallest absolute Gasteiger partial charge is 0.257 e. The maximum absolute atomic E-state index is 12.4. The van der Waals surface area contributed by atoms with Gasteiger partial charge >= 0.3 is 0 Å². The molecule has 1 amide bonds. The van der Waals surface area contributed by atoms with E-state index in [1.165, 1.54) is 11.3 Å². The molecule has 0 fully saturated rings. The minimum Gasteiger partial charge on any atom is -0.334 e. The number of anilines is 1. The SMILES string of the molecule is CCC(CC)c1nnc(NC(=O)c2ccc(-c3nc(C)no3)cc2)s1. The highest BCUT2D eigenvalue weighted by atomic mass is 32.1. The van der Waals surface area contributed by atoms with Crippen molar-refractivity contribution in [3.05, 3.63) is 40.7 Å². The van der Waals surface area contributed by atoms with Crippen LogP contribution in [0.3, 0.4) is 0 Å². The van der Waals surface area contributed by atoms with Gasteiger partial charge in [-0.15, -0.1) is 10.2 Å². The van der Waals surface area contributed by atoms with Crippen LogP contribution in [-0.2, 0) is 0 Å². The summed E-state index contributed by atoms with van der Waals surface area (Å²) in [5.74, 6) is 1.17. The van der Waals surface area contributed by atoms with Gasteiger partial charge in [-0.25, -0.2) is 0 Å². The van der Waals surface area contributed by atoms with Crippen molar-refractivity contribution >= 4 is 22.4 Å². The van der Waals surface area contributed by atoms with Gasteiger partial charge in [-0.05, 0) is 44.0 Å². The van der Waals surface area contributed by atoms with E-state index in [2.05, 4.69) is 39.5 Å². The molecular formula is C17H19N5O2S. The van der Waals surface area contributed by atoms with E-state index in [0.29, 0.717) is 28.3 Å². The second-order valence-electron chi connectivity index (χ2n) is 5.64. The molecule has 3 aromatic rings. The number of hydrogen-bond acceptors (Lipinski definition) is 7. The molecule has 0 aliphatic heterocycles. The van der Waals surface area contributed by atoms with Crippen LogP contribution in [0.4, 0.5) is 5.13 Å². The Hall–Kier alpha value is -2.61. The fourth-order valence-corrected chi connectivity index (χ4v) is 3.44. The standard InChI is InChI=1S/C17H19N5O2S/c1-4-11(5-2)16-20-21-17(25-16)19-14(23)12-6-8-13(9-7-12)15-18-10(3)22-24-15/h6-9,11H,4-5H2,1-3H3,(H,19,21,23).